The van der Waals surface area contributed by atoms with Gasteiger partial charge >= 0.3 is 6.18 Å². The first-order valence-corrected chi connectivity index (χ1v) is 7.09. The van der Waals surface area contributed by atoms with Gasteiger partial charge in [0, 0.05) is 5.56 Å². The first kappa shape index (κ1) is 17.6. The molecule has 26 heavy (non-hydrogen) atoms. The Hall–Kier alpha value is -3.17. The molecule has 0 bridgehead atoms. The molecule has 0 unspecified atom stereocenters. The van der Waals surface area contributed by atoms with Crippen LogP contribution in [0.4, 0.5) is 27.8 Å². The van der Waals surface area contributed by atoms with Crippen LogP contribution in [0.25, 0.3) is 11.0 Å². The maximum atomic E-state index is 13.2. The summed E-state index contributed by atoms with van der Waals surface area (Å²) in [5.74, 6) is -3.63. The Labute approximate surface area is 142 Å². The first-order chi connectivity index (χ1) is 12.2. The molecule has 10 heteroatoms. The van der Waals surface area contributed by atoms with Crippen LogP contribution < -0.4 is 10.1 Å². The van der Waals surface area contributed by atoms with E-state index in [2.05, 4.69) is 10.5 Å². The molecular formula is C16H9F5N2O3. The number of ether oxygens (including phenoxy) is 1. The smallest absolute Gasteiger partial charge is 0.422 e. The average Bonchev–Trinajstić information content (AvgIpc) is 2.98. The van der Waals surface area contributed by atoms with E-state index in [1.807, 2.05) is 0 Å². The molecule has 2 aromatic carbocycles. The van der Waals surface area contributed by atoms with Gasteiger partial charge in [0.25, 0.3) is 5.91 Å². The molecule has 3 rings (SSSR count). The van der Waals surface area contributed by atoms with Gasteiger partial charge < -0.3 is 14.6 Å². The molecule has 1 amide bonds. The minimum absolute atomic E-state index is 0.00711. The van der Waals surface area contributed by atoms with Gasteiger partial charge in [-0.15, -0.1) is 0 Å². The molecule has 1 N–H and O–H groups in total. The van der Waals surface area contributed by atoms with Gasteiger partial charge in [-0.05, 0) is 30.3 Å². The van der Waals surface area contributed by atoms with Gasteiger partial charge in [0.2, 0.25) is 0 Å². The Morgan fingerprint density at radius 3 is 2.62 bits per heavy atom. The van der Waals surface area contributed by atoms with Crippen molar-refractivity contribution in [2.75, 3.05) is 11.9 Å². The van der Waals surface area contributed by atoms with Crippen LogP contribution in [0.15, 0.2) is 40.9 Å². The van der Waals surface area contributed by atoms with E-state index in [-0.39, 0.29) is 28.1 Å². The molecular weight excluding hydrogens is 363 g/mol. The fourth-order valence-corrected chi connectivity index (χ4v) is 2.14. The van der Waals surface area contributed by atoms with E-state index in [1.165, 1.54) is 18.2 Å². The van der Waals surface area contributed by atoms with Crippen LogP contribution in [0.2, 0.25) is 0 Å². The van der Waals surface area contributed by atoms with Crippen LogP contribution in [-0.2, 0) is 0 Å². The van der Waals surface area contributed by atoms with Crippen molar-refractivity contribution in [1.82, 2.24) is 5.16 Å². The summed E-state index contributed by atoms with van der Waals surface area (Å²) in [5, 5.41) is 5.85. The summed E-state index contributed by atoms with van der Waals surface area (Å²) >= 11 is 0. The summed E-state index contributed by atoms with van der Waals surface area (Å²) in [5.41, 5.74) is -0.140. The minimum atomic E-state index is -4.56. The molecule has 0 fully saturated rings. The number of anilines is 1. The number of amides is 1. The van der Waals surface area contributed by atoms with E-state index in [1.54, 1.807) is 0 Å². The summed E-state index contributed by atoms with van der Waals surface area (Å²) in [6.07, 6.45) is -4.56. The van der Waals surface area contributed by atoms with Crippen molar-refractivity contribution in [3.8, 4) is 5.75 Å². The lowest BCUT2D eigenvalue weighted by molar-refractivity contribution is -0.153. The standard InChI is InChI=1S/C16H9F5N2O3/c17-9-5-4-8(6-10(9)18)15(24)22-14-13-11(25-7-16(19,20)21)2-1-3-12(13)26-23-14/h1-6H,7H2,(H,22,23,24). The molecule has 0 saturated carbocycles. The Balaban J connectivity index is 1.90. The molecule has 0 aliphatic heterocycles. The van der Waals surface area contributed by atoms with E-state index in [9.17, 15) is 26.7 Å². The fourth-order valence-electron chi connectivity index (χ4n) is 2.14. The highest BCUT2D eigenvalue weighted by Crippen LogP contribution is 2.33. The third kappa shape index (κ3) is 3.73. The molecule has 0 aliphatic rings. The molecule has 0 aliphatic carbocycles. The highest BCUT2D eigenvalue weighted by Gasteiger charge is 2.29. The summed E-state index contributed by atoms with van der Waals surface area (Å²) < 4.78 is 72.9. The van der Waals surface area contributed by atoms with E-state index < -0.39 is 30.3 Å². The summed E-state index contributed by atoms with van der Waals surface area (Å²) in [6.45, 7) is -1.55. The fraction of sp³-hybridized carbons (Fsp3) is 0.125. The van der Waals surface area contributed by atoms with Crippen molar-refractivity contribution >= 4 is 22.7 Å². The Morgan fingerprint density at radius 2 is 1.92 bits per heavy atom. The number of halogens is 5. The molecule has 5 nitrogen and oxygen atoms in total. The normalized spacial score (nSPS) is 11.6. The lowest BCUT2D eigenvalue weighted by Gasteiger charge is -2.10. The van der Waals surface area contributed by atoms with Crippen molar-refractivity contribution in [3.63, 3.8) is 0 Å². The molecule has 0 radical (unpaired) electrons. The van der Waals surface area contributed by atoms with E-state index in [0.29, 0.717) is 6.07 Å². The zero-order valence-electron chi connectivity index (χ0n) is 12.7. The number of alkyl halides is 3. The average molecular weight is 372 g/mol. The van der Waals surface area contributed by atoms with Crippen LogP contribution in [-0.4, -0.2) is 23.8 Å². The van der Waals surface area contributed by atoms with Gasteiger partial charge in [-0.3, -0.25) is 4.79 Å². The van der Waals surface area contributed by atoms with E-state index in [0.717, 1.165) is 12.1 Å². The van der Waals surface area contributed by atoms with Crippen LogP contribution in [0, 0.1) is 11.6 Å². The third-order valence-electron chi connectivity index (χ3n) is 3.27. The second kappa shape index (κ2) is 6.62. The number of benzene rings is 2. The molecule has 136 valence electrons. The summed E-state index contributed by atoms with van der Waals surface area (Å²) in [6, 6.07) is 6.53. The Morgan fingerprint density at radius 1 is 1.15 bits per heavy atom. The number of carbonyl (C=O) groups excluding carboxylic acids is 1. The number of hydrogen-bond donors (Lipinski definition) is 1. The van der Waals surface area contributed by atoms with Gasteiger partial charge in [-0.25, -0.2) is 8.78 Å². The van der Waals surface area contributed by atoms with Gasteiger partial charge in [0.05, 0.1) is 0 Å². The highest BCUT2D eigenvalue weighted by molar-refractivity contribution is 6.08. The van der Waals surface area contributed by atoms with E-state index >= 15 is 0 Å². The number of hydrogen-bond acceptors (Lipinski definition) is 4. The summed E-state index contributed by atoms with van der Waals surface area (Å²) in [7, 11) is 0. The van der Waals surface area contributed by atoms with Crippen LogP contribution in [0.3, 0.4) is 0 Å². The maximum absolute atomic E-state index is 13.2. The van der Waals surface area contributed by atoms with Crippen molar-refractivity contribution in [1.29, 1.82) is 0 Å². The van der Waals surface area contributed by atoms with Gasteiger partial charge in [0.1, 0.15) is 11.1 Å². The SMILES string of the molecule is O=C(Nc1noc2cccc(OCC(F)(F)F)c12)c1ccc(F)c(F)c1. The predicted molar refractivity (Wildman–Crippen MR) is 79.9 cm³/mol. The molecule has 1 aromatic heterocycles. The highest BCUT2D eigenvalue weighted by atomic mass is 19.4. The molecule has 0 spiro atoms. The van der Waals surface area contributed by atoms with Crippen molar-refractivity contribution < 1.29 is 36.0 Å². The lowest BCUT2D eigenvalue weighted by Crippen LogP contribution is -2.19. The van der Waals surface area contributed by atoms with Crippen molar-refractivity contribution in [3.05, 3.63) is 53.6 Å². The lowest BCUT2D eigenvalue weighted by atomic mass is 10.2. The van der Waals surface area contributed by atoms with Gasteiger partial charge in [-0.1, -0.05) is 11.2 Å². The van der Waals surface area contributed by atoms with Gasteiger partial charge in [-0.2, -0.15) is 13.2 Å². The third-order valence-corrected chi connectivity index (χ3v) is 3.27. The molecule has 3 aromatic rings. The predicted octanol–water partition coefficient (Wildman–Crippen LogP) is 4.30. The van der Waals surface area contributed by atoms with E-state index in [4.69, 9.17) is 9.26 Å². The number of rotatable bonds is 4. The van der Waals surface area contributed by atoms with Crippen molar-refractivity contribution in [2.24, 2.45) is 0 Å². The van der Waals surface area contributed by atoms with Crippen LogP contribution in [0.5, 0.6) is 5.75 Å². The maximum Gasteiger partial charge on any atom is 0.422 e. The van der Waals surface area contributed by atoms with Crippen LogP contribution in [0.1, 0.15) is 10.4 Å². The number of nitrogens with zero attached hydrogens (tertiary/aromatic N) is 1. The molecule has 0 atom stereocenters. The number of carbonyl (C=O) groups is 1. The van der Waals surface area contributed by atoms with Crippen LogP contribution >= 0.6 is 0 Å². The first-order valence-electron chi connectivity index (χ1n) is 7.09. The number of nitrogens with one attached hydrogen (secondary N) is 1. The minimum Gasteiger partial charge on any atom is -0.483 e. The number of aromatic nitrogens is 1. The quantitative estimate of drug-likeness (QED) is 0.694. The topological polar surface area (TPSA) is 64.4 Å². The second-order valence-electron chi connectivity index (χ2n) is 5.15. The molecule has 1 heterocycles. The Kier molecular flexibility index (Phi) is 4.49. The van der Waals surface area contributed by atoms with Crippen molar-refractivity contribution in [2.45, 2.75) is 6.18 Å². The summed E-state index contributed by atoms with van der Waals surface area (Å²) in [4.78, 5) is 12.1. The number of fused-ring (bicyclic) bond motifs is 1. The van der Waals surface area contributed by atoms with Gasteiger partial charge in [0.15, 0.2) is 29.6 Å². The zero-order chi connectivity index (χ0) is 18.9. The second-order valence-corrected chi connectivity index (χ2v) is 5.15. The largest absolute Gasteiger partial charge is 0.483 e. The zero-order valence-corrected chi connectivity index (χ0v) is 12.7. The Bertz CT molecular complexity index is 968. The molecule has 0 saturated heterocycles. The monoisotopic (exact) mass is 372 g/mol.